The lowest BCUT2D eigenvalue weighted by Crippen LogP contribution is -1.80. The first-order valence-corrected chi connectivity index (χ1v) is 2.91. The number of aromatic nitrogens is 3. The molecule has 0 saturated carbocycles. The summed E-state index contributed by atoms with van der Waals surface area (Å²) in [5.41, 5.74) is 0.781. The Morgan fingerprint density at radius 1 is 1.40 bits per heavy atom. The molecule has 0 bridgehead atoms. The van der Waals surface area contributed by atoms with Crippen LogP contribution < -0.4 is 0 Å². The largest absolute Gasteiger partial charge is 0.363 e. The molecule has 0 aromatic carbocycles. The van der Waals surface area contributed by atoms with E-state index < -0.39 is 0 Å². The second-order valence-electron chi connectivity index (χ2n) is 1.98. The first-order valence-electron chi connectivity index (χ1n) is 2.91. The van der Waals surface area contributed by atoms with Crippen molar-refractivity contribution in [2.24, 2.45) is 0 Å². The fraction of sp³-hybridized carbons (Fsp3) is 0.167. The normalized spacial score (nSPS) is 10.5. The van der Waals surface area contributed by atoms with Crippen molar-refractivity contribution in [2.45, 2.75) is 6.92 Å². The van der Waals surface area contributed by atoms with Crippen LogP contribution in [0.1, 0.15) is 5.82 Å². The Labute approximate surface area is 57.2 Å². The number of rotatable bonds is 0. The lowest BCUT2D eigenvalue weighted by Gasteiger charge is -1.86. The number of hydrogen-bond acceptors (Lipinski definition) is 4. The third-order valence-corrected chi connectivity index (χ3v) is 1.21. The highest BCUT2D eigenvalue weighted by Gasteiger charge is 2.07. The van der Waals surface area contributed by atoms with Crippen LogP contribution >= 0.6 is 0 Å². The van der Waals surface area contributed by atoms with E-state index >= 15 is 0 Å². The summed E-state index contributed by atoms with van der Waals surface area (Å²) < 4.78 is 4.65. The number of imidazole rings is 1. The van der Waals surface area contributed by atoms with Gasteiger partial charge in [-0.2, -0.15) is 0 Å². The van der Waals surface area contributed by atoms with Crippen LogP contribution in [-0.2, 0) is 0 Å². The summed E-state index contributed by atoms with van der Waals surface area (Å²) in [5, 5.41) is 3.65. The maximum Gasteiger partial charge on any atom is 0.219 e. The number of nitrogens with zero attached hydrogens (tertiary/aromatic N) is 3. The zero-order valence-electron chi connectivity index (χ0n) is 5.40. The van der Waals surface area contributed by atoms with E-state index in [2.05, 4.69) is 19.6 Å². The van der Waals surface area contributed by atoms with Crippen molar-refractivity contribution in [3.05, 3.63) is 18.2 Å². The average molecular weight is 135 g/mol. The summed E-state index contributed by atoms with van der Waals surface area (Å²) in [5.74, 6) is 1.30. The highest BCUT2D eigenvalue weighted by atomic mass is 16.4. The summed E-state index contributed by atoms with van der Waals surface area (Å²) >= 11 is 0. The van der Waals surface area contributed by atoms with E-state index in [1.54, 1.807) is 6.07 Å². The molecule has 0 atom stereocenters. The number of fused-ring (bicyclic) bond motifs is 1. The number of hydrogen-bond donors (Lipinski definition) is 0. The first kappa shape index (κ1) is 5.34. The van der Waals surface area contributed by atoms with Gasteiger partial charge in [0.05, 0.1) is 0 Å². The molecule has 0 aromatic heterocycles. The van der Waals surface area contributed by atoms with Gasteiger partial charge in [0.1, 0.15) is 17.8 Å². The van der Waals surface area contributed by atoms with Crippen LogP contribution in [0.3, 0.4) is 0 Å². The fourth-order valence-electron chi connectivity index (χ4n) is 0.814. The van der Waals surface area contributed by atoms with Gasteiger partial charge in [0, 0.05) is 6.07 Å². The summed E-state index contributed by atoms with van der Waals surface area (Å²) in [6.45, 7) is 1.82. The molecular formula is C6H5N3O. The van der Waals surface area contributed by atoms with Crippen LogP contribution in [0.4, 0.5) is 0 Å². The lowest BCUT2D eigenvalue weighted by atomic mass is 10.4. The van der Waals surface area contributed by atoms with Crippen molar-refractivity contribution in [3.8, 4) is 11.5 Å². The second kappa shape index (κ2) is 1.76. The van der Waals surface area contributed by atoms with Crippen LogP contribution in [0, 0.1) is 6.92 Å². The molecule has 0 unspecified atom stereocenters. The molecule has 0 fully saturated rings. The van der Waals surface area contributed by atoms with Gasteiger partial charge < -0.3 is 4.52 Å². The standard InChI is InChI=1S/C6H5N3O/c1-4-7-5-2-3-10-9-6(5)8-4/h2-3H,1H3. The van der Waals surface area contributed by atoms with Gasteiger partial charge in [0.2, 0.25) is 5.82 Å². The van der Waals surface area contributed by atoms with Gasteiger partial charge in [-0.3, -0.25) is 0 Å². The smallest absolute Gasteiger partial charge is 0.219 e. The van der Waals surface area contributed by atoms with Crippen molar-refractivity contribution < 1.29 is 4.52 Å². The maximum absolute atomic E-state index is 4.65. The highest BCUT2D eigenvalue weighted by Crippen LogP contribution is 2.13. The van der Waals surface area contributed by atoms with Gasteiger partial charge in [0.15, 0.2) is 0 Å². The Bertz CT molecular complexity index is 287. The molecule has 4 nitrogen and oxygen atoms in total. The van der Waals surface area contributed by atoms with E-state index in [4.69, 9.17) is 0 Å². The molecule has 4 heteroatoms. The van der Waals surface area contributed by atoms with E-state index in [1.807, 2.05) is 6.92 Å². The first-order chi connectivity index (χ1) is 4.86. The minimum atomic E-state index is 0.569. The zero-order chi connectivity index (χ0) is 6.97. The van der Waals surface area contributed by atoms with E-state index in [9.17, 15) is 0 Å². The van der Waals surface area contributed by atoms with Crippen LogP contribution in [0.25, 0.3) is 11.5 Å². The Kier molecular flexibility index (Phi) is 0.943. The molecule has 2 aliphatic heterocycles. The molecule has 50 valence electrons. The zero-order valence-corrected chi connectivity index (χ0v) is 5.40. The van der Waals surface area contributed by atoms with Crippen molar-refractivity contribution in [2.75, 3.05) is 0 Å². The van der Waals surface area contributed by atoms with Crippen molar-refractivity contribution in [3.63, 3.8) is 0 Å². The van der Waals surface area contributed by atoms with Crippen LogP contribution in [0.2, 0.25) is 0 Å². The molecule has 2 aliphatic rings. The van der Waals surface area contributed by atoms with Crippen LogP contribution in [0.5, 0.6) is 0 Å². The van der Waals surface area contributed by atoms with Gasteiger partial charge in [-0.25, -0.2) is 9.97 Å². The highest BCUT2D eigenvalue weighted by molar-refractivity contribution is 5.48. The Hall–Kier alpha value is -1.45. The van der Waals surface area contributed by atoms with E-state index in [0.29, 0.717) is 5.82 Å². The molecule has 10 heavy (non-hydrogen) atoms. The van der Waals surface area contributed by atoms with Crippen molar-refractivity contribution >= 4 is 0 Å². The topological polar surface area (TPSA) is 51.8 Å². The van der Waals surface area contributed by atoms with Crippen LogP contribution in [0.15, 0.2) is 16.9 Å². The molecule has 0 radical (unpaired) electrons. The van der Waals surface area contributed by atoms with Gasteiger partial charge in [-0.15, -0.1) is 0 Å². The van der Waals surface area contributed by atoms with E-state index in [-0.39, 0.29) is 0 Å². The average Bonchev–Trinajstić information content (AvgIpc) is 2.27. The molecule has 0 N–H and O–H groups in total. The summed E-state index contributed by atoms with van der Waals surface area (Å²) in [6, 6.07) is 1.74. The predicted octanol–water partition coefficient (Wildman–Crippen LogP) is 0.878. The Morgan fingerprint density at radius 3 is 3.10 bits per heavy atom. The van der Waals surface area contributed by atoms with Gasteiger partial charge in [-0.05, 0) is 6.92 Å². The van der Waals surface area contributed by atoms with E-state index in [0.717, 1.165) is 11.5 Å². The maximum atomic E-state index is 4.65. The molecule has 0 saturated heterocycles. The monoisotopic (exact) mass is 135 g/mol. The third-order valence-electron chi connectivity index (χ3n) is 1.21. The molecular weight excluding hydrogens is 130 g/mol. The van der Waals surface area contributed by atoms with Crippen molar-refractivity contribution in [1.82, 2.24) is 15.1 Å². The van der Waals surface area contributed by atoms with Crippen LogP contribution in [-0.4, -0.2) is 15.1 Å². The lowest BCUT2D eigenvalue weighted by molar-refractivity contribution is 0.400. The van der Waals surface area contributed by atoms with Gasteiger partial charge in [-0.1, -0.05) is 5.16 Å². The minimum Gasteiger partial charge on any atom is -0.363 e. The number of aryl methyl sites for hydroxylation is 1. The minimum absolute atomic E-state index is 0.569. The molecule has 0 amide bonds. The predicted molar refractivity (Wildman–Crippen MR) is 33.5 cm³/mol. The van der Waals surface area contributed by atoms with E-state index in [1.165, 1.54) is 6.26 Å². The summed E-state index contributed by atoms with van der Waals surface area (Å²) in [4.78, 5) is 8.08. The Morgan fingerprint density at radius 2 is 2.30 bits per heavy atom. The van der Waals surface area contributed by atoms with Gasteiger partial charge in [0.25, 0.3) is 0 Å². The molecule has 2 heterocycles. The van der Waals surface area contributed by atoms with Gasteiger partial charge >= 0.3 is 0 Å². The third kappa shape index (κ3) is 0.655. The Balaban J connectivity index is 2.76. The summed E-state index contributed by atoms with van der Waals surface area (Å²) in [6.07, 6.45) is 1.48. The SMILES string of the molecule is Cc1nc2cconc-2n1. The van der Waals surface area contributed by atoms with Crippen molar-refractivity contribution in [1.29, 1.82) is 0 Å². The quantitative estimate of drug-likeness (QED) is 0.538. The molecule has 2 rings (SSSR count). The molecule has 0 spiro atoms. The summed E-state index contributed by atoms with van der Waals surface area (Å²) in [7, 11) is 0. The molecule has 0 aliphatic carbocycles. The second-order valence-corrected chi connectivity index (χ2v) is 1.98. The fourth-order valence-corrected chi connectivity index (χ4v) is 0.814. The molecule has 0 aromatic rings.